The minimum absolute atomic E-state index is 0.0106. The molecule has 0 spiro atoms. The number of morpholine rings is 1. The largest absolute Gasteiger partial charge is 0.507 e. The van der Waals surface area contributed by atoms with Gasteiger partial charge in [0.15, 0.2) is 11.5 Å². The predicted molar refractivity (Wildman–Crippen MR) is 119 cm³/mol. The molecule has 9 nitrogen and oxygen atoms in total. The van der Waals surface area contributed by atoms with Crippen LogP contribution in [-0.4, -0.2) is 80.2 Å². The van der Waals surface area contributed by atoms with E-state index in [9.17, 15) is 14.7 Å². The van der Waals surface area contributed by atoms with Crippen molar-refractivity contribution in [3.05, 3.63) is 53.0 Å². The van der Waals surface area contributed by atoms with Gasteiger partial charge in [-0.2, -0.15) is 0 Å². The van der Waals surface area contributed by atoms with Crippen molar-refractivity contribution in [3.8, 4) is 11.5 Å². The quantitative estimate of drug-likeness (QED) is 0.385. The van der Waals surface area contributed by atoms with Crippen LogP contribution >= 0.6 is 0 Å². The number of aliphatic hydroxyl groups is 1. The predicted octanol–water partition coefficient (Wildman–Crippen LogP) is 2.36. The van der Waals surface area contributed by atoms with E-state index in [1.165, 1.54) is 19.1 Å². The van der Waals surface area contributed by atoms with Crippen LogP contribution < -0.4 is 9.47 Å². The number of furan rings is 1. The van der Waals surface area contributed by atoms with E-state index in [2.05, 4.69) is 4.90 Å². The summed E-state index contributed by atoms with van der Waals surface area (Å²) >= 11 is 0. The Labute approximate surface area is 192 Å². The van der Waals surface area contributed by atoms with Crippen LogP contribution in [0.15, 0.2) is 40.3 Å². The Morgan fingerprint density at radius 2 is 1.79 bits per heavy atom. The lowest BCUT2D eigenvalue weighted by Crippen LogP contribution is -2.42. The first-order chi connectivity index (χ1) is 15.9. The zero-order valence-electron chi connectivity index (χ0n) is 19.0. The van der Waals surface area contributed by atoms with E-state index < -0.39 is 17.7 Å². The first-order valence-electron chi connectivity index (χ1n) is 10.8. The van der Waals surface area contributed by atoms with Crippen molar-refractivity contribution < 1.29 is 33.3 Å². The first kappa shape index (κ1) is 22.9. The molecule has 0 radical (unpaired) electrons. The van der Waals surface area contributed by atoms with E-state index in [4.69, 9.17) is 18.6 Å². The number of benzene rings is 1. The maximum Gasteiger partial charge on any atom is 0.295 e. The van der Waals surface area contributed by atoms with Crippen molar-refractivity contribution >= 4 is 17.4 Å². The number of aryl methyl sites for hydroxylation is 1. The lowest BCUT2D eigenvalue weighted by atomic mass is 9.99. The molecule has 1 N–H and O–H groups in total. The maximum atomic E-state index is 13.1. The standard InChI is InChI=1S/C24H28N2O7/c1-15-4-6-18(33-15)21-20(22(27)16-5-7-17(30-2)19(14-16)31-3)23(28)24(29)26(21)9-8-25-10-12-32-13-11-25/h4-7,14,21,27H,8-13H2,1-3H3/b22-20-. The second kappa shape index (κ2) is 9.68. The summed E-state index contributed by atoms with van der Waals surface area (Å²) in [5, 5.41) is 11.2. The average molecular weight is 456 g/mol. The van der Waals surface area contributed by atoms with E-state index in [1.807, 2.05) is 0 Å². The number of carbonyl (C=O) groups excluding carboxylic acids is 2. The van der Waals surface area contributed by atoms with Gasteiger partial charge in [0.05, 0.1) is 33.0 Å². The monoisotopic (exact) mass is 456 g/mol. The number of nitrogens with zero attached hydrogens (tertiary/aromatic N) is 2. The molecule has 3 heterocycles. The van der Waals surface area contributed by atoms with Crippen molar-refractivity contribution in [3.63, 3.8) is 0 Å². The van der Waals surface area contributed by atoms with Crippen molar-refractivity contribution in [2.24, 2.45) is 0 Å². The molecule has 176 valence electrons. The highest BCUT2D eigenvalue weighted by molar-refractivity contribution is 6.46. The second-order valence-electron chi connectivity index (χ2n) is 7.96. The molecular weight excluding hydrogens is 428 g/mol. The number of aliphatic hydroxyl groups excluding tert-OH is 1. The number of amides is 1. The van der Waals surface area contributed by atoms with Gasteiger partial charge in [-0.05, 0) is 37.3 Å². The van der Waals surface area contributed by atoms with E-state index >= 15 is 0 Å². The number of carbonyl (C=O) groups is 2. The summed E-state index contributed by atoms with van der Waals surface area (Å²) < 4.78 is 21.8. The van der Waals surface area contributed by atoms with Crippen LogP contribution in [0.3, 0.4) is 0 Å². The average Bonchev–Trinajstić information content (AvgIpc) is 3.38. The highest BCUT2D eigenvalue weighted by Crippen LogP contribution is 2.41. The number of Topliss-reactive ketones (excluding diaryl/α,β-unsaturated/α-hetero) is 1. The smallest absolute Gasteiger partial charge is 0.295 e. The number of hydrogen-bond donors (Lipinski definition) is 1. The van der Waals surface area contributed by atoms with Crippen LogP contribution in [0.1, 0.15) is 23.1 Å². The number of ketones is 1. The van der Waals surface area contributed by atoms with Crippen LogP contribution in [0.5, 0.6) is 11.5 Å². The van der Waals surface area contributed by atoms with E-state index in [-0.39, 0.29) is 11.3 Å². The zero-order chi connectivity index (χ0) is 23.5. The third-order valence-electron chi connectivity index (χ3n) is 5.99. The zero-order valence-corrected chi connectivity index (χ0v) is 19.0. The molecule has 1 aromatic carbocycles. The van der Waals surface area contributed by atoms with Crippen molar-refractivity contribution in [1.29, 1.82) is 0 Å². The topological polar surface area (TPSA) is 102 Å². The molecule has 33 heavy (non-hydrogen) atoms. The van der Waals surface area contributed by atoms with Crippen molar-refractivity contribution in [2.45, 2.75) is 13.0 Å². The molecule has 0 aliphatic carbocycles. The van der Waals surface area contributed by atoms with E-state index in [1.54, 1.807) is 37.3 Å². The number of likely N-dealkylation sites (tertiary alicyclic amines) is 1. The third-order valence-corrected chi connectivity index (χ3v) is 5.99. The molecule has 2 aromatic rings. The third kappa shape index (κ3) is 4.46. The Balaban J connectivity index is 1.73. The summed E-state index contributed by atoms with van der Waals surface area (Å²) in [6.07, 6.45) is 0. The fourth-order valence-electron chi connectivity index (χ4n) is 4.22. The number of ether oxygens (including phenoxy) is 3. The van der Waals surface area contributed by atoms with Crippen molar-refractivity contribution in [2.75, 3.05) is 53.6 Å². The summed E-state index contributed by atoms with van der Waals surface area (Å²) in [5.41, 5.74) is 0.329. The van der Waals surface area contributed by atoms with Crippen LogP contribution in [0.25, 0.3) is 5.76 Å². The molecule has 1 unspecified atom stereocenters. The molecule has 1 aromatic heterocycles. The molecule has 2 saturated heterocycles. The van der Waals surface area contributed by atoms with Crippen LogP contribution in [0.2, 0.25) is 0 Å². The summed E-state index contributed by atoms with van der Waals surface area (Å²) in [7, 11) is 2.99. The molecule has 2 aliphatic heterocycles. The highest BCUT2D eigenvalue weighted by atomic mass is 16.5. The molecule has 1 atom stereocenters. The maximum absolute atomic E-state index is 13.1. The van der Waals surface area contributed by atoms with Gasteiger partial charge in [0.2, 0.25) is 0 Å². The van der Waals surface area contributed by atoms with Crippen LogP contribution in [0, 0.1) is 6.92 Å². The normalized spacial score (nSPS) is 20.9. The summed E-state index contributed by atoms with van der Waals surface area (Å²) in [5.74, 6) is 0.257. The summed E-state index contributed by atoms with van der Waals surface area (Å²) in [4.78, 5) is 29.8. The van der Waals surface area contributed by atoms with Gasteiger partial charge in [-0.3, -0.25) is 14.5 Å². The van der Waals surface area contributed by atoms with Gasteiger partial charge in [-0.15, -0.1) is 0 Å². The Hall–Kier alpha value is -3.30. The van der Waals surface area contributed by atoms with Gasteiger partial charge in [0.1, 0.15) is 23.3 Å². The van der Waals surface area contributed by atoms with Crippen LogP contribution in [-0.2, 0) is 14.3 Å². The molecule has 0 bridgehead atoms. The van der Waals surface area contributed by atoms with Crippen molar-refractivity contribution in [1.82, 2.24) is 9.80 Å². The fourth-order valence-corrected chi connectivity index (χ4v) is 4.22. The Kier molecular flexibility index (Phi) is 6.71. The second-order valence-corrected chi connectivity index (χ2v) is 7.96. The van der Waals surface area contributed by atoms with Gasteiger partial charge in [-0.25, -0.2) is 0 Å². The summed E-state index contributed by atoms with van der Waals surface area (Å²) in [6.45, 7) is 5.50. The van der Waals surface area contributed by atoms with E-state index in [0.717, 1.165) is 13.1 Å². The van der Waals surface area contributed by atoms with Gasteiger partial charge in [0.25, 0.3) is 11.7 Å². The molecule has 9 heteroatoms. The first-order valence-corrected chi connectivity index (χ1v) is 10.8. The lowest BCUT2D eigenvalue weighted by Gasteiger charge is -2.30. The summed E-state index contributed by atoms with van der Waals surface area (Å²) in [6, 6.07) is 7.49. The molecule has 1 amide bonds. The van der Waals surface area contributed by atoms with Crippen LogP contribution in [0.4, 0.5) is 0 Å². The van der Waals surface area contributed by atoms with Gasteiger partial charge < -0.3 is 28.6 Å². The lowest BCUT2D eigenvalue weighted by molar-refractivity contribution is -0.140. The molecule has 2 aliphatic rings. The Bertz CT molecular complexity index is 1070. The highest BCUT2D eigenvalue weighted by Gasteiger charge is 2.47. The van der Waals surface area contributed by atoms with Gasteiger partial charge in [-0.1, -0.05) is 0 Å². The molecular formula is C24H28N2O7. The Morgan fingerprint density at radius 3 is 2.42 bits per heavy atom. The number of rotatable bonds is 7. The number of hydrogen-bond acceptors (Lipinski definition) is 8. The Morgan fingerprint density at radius 1 is 1.06 bits per heavy atom. The van der Waals surface area contributed by atoms with Gasteiger partial charge >= 0.3 is 0 Å². The fraction of sp³-hybridized carbons (Fsp3) is 0.417. The SMILES string of the molecule is COc1ccc(/C(O)=C2/C(=O)C(=O)N(CCN3CCOCC3)C2c2ccc(C)o2)cc1OC. The molecule has 2 fully saturated rings. The molecule has 0 saturated carbocycles. The minimum atomic E-state index is -0.826. The minimum Gasteiger partial charge on any atom is -0.507 e. The number of methoxy groups -OCH3 is 2. The molecule has 4 rings (SSSR count). The van der Waals surface area contributed by atoms with Gasteiger partial charge in [0, 0.05) is 31.7 Å². The van der Waals surface area contributed by atoms with E-state index in [0.29, 0.717) is 54.9 Å².